The van der Waals surface area contributed by atoms with E-state index in [0.717, 1.165) is 36.9 Å². The van der Waals surface area contributed by atoms with Crippen LogP contribution in [0.4, 0.5) is 5.69 Å². The standard InChI is InChI=1S/C16H21N3O/c17-11-3-8-15-14(9-11)18-16(10-1-2-10)19(15)12-4-6-13(20)7-5-12/h3,8-10,12-13,20H,1-2,4-7,17H2. The molecule has 4 nitrogen and oxygen atoms in total. The predicted octanol–water partition coefficient (Wildman–Crippen LogP) is 2.97. The van der Waals surface area contributed by atoms with Crippen LogP contribution in [0.2, 0.25) is 0 Å². The Kier molecular flexibility index (Phi) is 2.74. The van der Waals surface area contributed by atoms with E-state index in [1.165, 1.54) is 24.2 Å². The largest absolute Gasteiger partial charge is 0.399 e. The Morgan fingerprint density at radius 2 is 1.85 bits per heavy atom. The van der Waals surface area contributed by atoms with Crippen LogP contribution in [0.1, 0.15) is 56.3 Å². The summed E-state index contributed by atoms with van der Waals surface area (Å²) >= 11 is 0. The number of imidazole rings is 1. The number of aliphatic hydroxyl groups is 1. The van der Waals surface area contributed by atoms with Crippen LogP contribution in [0, 0.1) is 0 Å². The van der Waals surface area contributed by atoms with E-state index in [2.05, 4.69) is 10.6 Å². The van der Waals surface area contributed by atoms with Crippen molar-refractivity contribution in [2.75, 3.05) is 5.73 Å². The van der Waals surface area contributed by atoms with Crippen molar-refractivity contribution in [2.45, 2.75) is 56.6 Å². The highest BCUT2D eigenvalue weighted by Gasteiger charge is 2.33. The molecule has 2 aromatic rings. The number of rotatable bonds is 2. The molecule has 106 valence electrons. The quantitative estimate of drug-likeness (QED) is 0.825. The molecule has 0 saturated heterocycles. The van der Waals surface area contributed by atoms with E-state index in [0.29, 0.717) is 12.0 Å². The van der Waals surface area contributed by atoms with Gasteiger partial charge in [-0.15, -0.1) is 0 Å². The number of hydrogen-bond donors (Lipinski definition) is 2. The summed E-state index contributed by atoms with van der Waals surface area (Å²) in [4.78, 5) is 4.85. The van der Waals surface area contributed by atoms with Crippen LogP contribution in [0.15, 0.2) is 18.2 Å². The zero-order valence-corrected chi connectivity index (χ0v) is 11.6. The smallest absolute Gasteiger partial charge is 0.113 e. The zero-order chi connectivity index (χ0) is 13.7. The number of nitrogens with zero attached hydrogens (tertiary/aromatic N) is 2. The molecule has 0 amide bonds. The van der Waals surface area contributed by atoms with Crippen LogP contribution >= 0.6 is 0 Å². The van der Waals surface area contributed by atoms with Gasteiger partial charge in [-0.25, -0.2) is 4.98 Å². The topological polar surface area (TPSA) is 64.1 Å². The Morgan fingerprint density at radius 3 is 2.55 bits per heavy atom. The molecular formula is C16H21N3O. The van der Waals surface area contributed by atoms with E-state index in [9.17, 15) is 5.11 Å². The minimum Gasteiger partial charge on any atom is -0.399 e. The molecule has 2 aliphatic carbocycles. The van der Waals surface area contributed by atoms with Crippen LogP contribution in [0.3, 0.4) is 0 Å². The number of hydrogen-bond acceptors (Lipinski definition) is 3. The first-order valence-corrected chi connectivity index (χ1v) is 7.68. The molecule has 0 radical (unpaired) electrons. The molecule has 3 N–H and O–H groups in total. The lowest BCUT2D eigenvalue weighted by atomic mass is 9.92. The van der Waals surface area contributed by atoms with Crippen molar-refractivity contribution >= 4 is 16.7 Å². The molecule has 2 fully saturated rings. The molecule has 1 heterocycles. The third-order valence-corrected chi connectivity index (χ3v) is 4.71. The number of fused-ring (bicyclic) bond motifs is 1. The van der Waals surface area contributed by atoms with E-state index < -0.39 is 0 Å². The highest BCUT2D eigenvalue weighted by atomic mass is 16.3. The molecule has 0 aliphatic heterocycles. The normalized spacial score (nSPS) is 27.1. The second-order valence-corrected chi connectivity index (χ2v) is 6.32. The van der Waals surface area contributed by atoms with Gasteiger partial charge in [0.2, 0.25) is 0 Å². The lowest BCUT2D eigenvalue weighted by Gasteiger charge is -2.28. The van der Waals surface area contributed by atoms with E-state index in [4.69, 9.17) is 10.7 Å². The highest BCUT2D eigenvalue weighted by molar-refractivity contribution is 5.80. The van der Waals surface area contributed by atoms with Crippen LogP contribution in [0.25, 0.3) is 11.0 Å². The molecular weight excluding hydrogens is 250 g/mol. The summed E-state index contributed by atoms with van der Waals surface area (Å²) in [6.45, 7) is 0. The molecule has 4 heteroatoms. The summed E-state index contributed by atoms with van der Waals surface area (Å²) < 4.78 is 2.44. The van der Waals surface area contributed by atoms with Gasteiger partial charge in [0.05, 0.1) is 17.1 Å². The minimum atomic E-state index is -0.110. The highest BCUT2D eigenvalue weighted by Crippen LogP contribution is 2.43. The molecule has 0 bridgehead atoms. The van der Waals surface area contributed by atoms with E-state index in [1.54, 1.807) is 0 Å². The molecule has 2 saturated carbocycles. The Morgan fingerprint density at radius 1 is 1.10 bits per heavy atom. The second-order valence-electron chi connectivity index (χ2n) is 6.32. The molecule has 1 aromatic carbocycles. The van der Waals surface area contributed by atoms with E-state index >= 15 is 0 Å². The van der Waals surface area contributed by atoms with Gasteiger partial charge in [0.15, 0.2) is 0 Å². The Bertz CT molecular complexity index is 636. The number of nitrogen functional groups attached to an aromatic ring is 1. The maximum absolute atomic E-state index is 9.72. The monoisotopic (exact) mass is 271 g/mol. The summed E-state index contributed by atoms with van der Waals surface area (Å²) in [6, 6.07) is 6.54. The Hall–Kier alpha value is -1.55. The summed E-state index contributed by atoms with van der Waals surface area (Å²) in [6.07, 6.45) is 6.32. The van der Waals surface area contributed by atoms with Crippen molar-refractivity contribution in [3.05, 3.63) is 24.0 Å². The minimum absolute atomic E-state index is 0.110. The van der Waals surface area contributed by atoms with Crippen molar-refractivity contribution in [3.8, 4) is 0 Å². The Balaban J connectivity index is 1.81. The predicted molar refractivity (Wildman–Crippen MR) is 79.6 cm³/mol. The van der Waals surface area contributed by atoms with Gasteiger partial charge in [-0.2, -0.15) is 0 Å². The first kappa shape index (κ1) is 12.2. The van der Waals surface area contributed by atoms with Gasteiger partial charge < -0.3 is 15.4 Å². The lowest BCUT2D eigenvalue weighted by molar-refractivity contribution is 0.111. The van der Waals surface area contributed by atoms with Crippen LogP contribution in [-0.2, 0) is 0 Å². The fraction of sp³-hybridized carbons (Fsp3) is 0.562. The summed E-state index contributed by atoms with van der Waals surface area (Å²) in [5.41, 5.74) is 8.91. The summed E-state index contributed by atoms with van der Waals surface area (Å²) in [5.74, 6) is 1.88. The number of nitrogens with two attached hydrogens (primary N) is 1. The molecule has 0 unspecified atom stereocenters. The van der Waals surface area contributed by atoms with Gasteiger partial charge >= 0.3 is 0 Å². The van der Waals surface area contributed by atoms with Crippen molar-refractivity contribution in [3.63, 3.8) is 0 Å². The first-order chi connectivity index (χ1) is 9.72. The maximum atomic E-state index is 9.72. The average Bonchev–Trinajstić information content (AvgIpc) is 3.21. The first-order valence-electron chi connectivity index (χ1n) is 7.68. The molecule has 1 aromatic heterocycles. The van der Waals surface area contributed by atoms with Crippen molar-refractivity contribution in [1.29, 1.82) is 0 Å². The van der Waals surface area contributed by atoms with Crippen molar-refractivity contribution < 1.29 is 5.11 Å². The molecule has 2 aliphatic rings. The van der Waals surface area contributed by atoms with Crippen LogP contribution in [-0.4, -0.2) is 20.8 Å². The van der Waals surface area contributed by atoms with Crippen molar-refractivity contribution in [2.24, 2.45) is 0 Å². The number of anilines is 1. The number of aromatic nitrogens is 2. The summed E-state index contributed by atoms with van der Waals surface area (Å²) in [5, 5.41) is 9.72. The zero-order valence-electron chi connectivity index (χ0n) is 11.6. The number of aliphatic hydroxyl groups excluding tert-OH is 1. The van der Waals surface area contributed by atoms with Gasteiger partial charge in [-0.05, 0) is 56.7 Å². The molecule has 20 heavy (non-hydrogen) atoms. The lowest BCUT2D eigenvalue weighted by Crippen LogP contribution is -2.22. The Labute approximate surface area is 118 Å². The van der Waals surface area contributed by atoms with Gasteiger partial charge in [0.1, 0.15) is 5.82 Å². The van der Waals surface area contributed by atoms with Gasteiger partial charge in [0, 0.05) is 17.6 Å². The molecule has 0 atom stereocenters. The average molecular weight is 271 g/mol. The van der Waals surface area contributed by atoms with Crippen molar-refractivity contribution in [1.82, 2.24) is 9.55 Å². The molecule has 0 spiro atoms. The summed E-state index contributed by atoms with van der Waals surface area (Å²) in [7, 11) is 0. The SMILES string of the molecule is Nc1ccc2c(c1)nc(C1CC1)n2C1CCC(O)CC1. The van der Waals surface area contributed by atoms with Gasteiger partial charge in [0.25, 0.3) is 0 Å². The van der Waals surface area contributed by atoms with E-state index in [1.807, 2.05) is 12.1 Å². The number of benzene rings is 1. The molecule has 4 rings (SSSR count). The van der Waals surface area contributed by atoms with Gasteiger partial charge in [-0.3, -0.25) is 0 Å². The van der Waals surface area contributed by atoms with E-state index in [-0.39, 0.29) is 6.10 Å². The maximum Gasteiger partial charge on any atom is 0.113 e. The third kappa shape index (κ3) is 1.99. The second kappa shape index (κ2) is 4.48. The third-order valence-electron chi connectivity index (χ3n) is 4.71. The fourth-order valence-corrected chi connectivity index (χ4v) is 3.46. The van der Waals surface area contributed by atoms with Gasteiger partial charge in [-0.1, -0.05) is 0 Å². The fourth-order valence-electron chi connectivity index (χ4n) is 3.46. The van der Waals surface area contributed by atoms with Crippen LogP contribution in [0.5, 0.6) is 0 Å². The van der Waals surface area contributed by atoms with Crippen LogP contribution < -0.4 is 5.73 Å².